The van der Waals surface area contributed by atoms with Gasteiger partial charge in [0, 0.05) is 63.1 Å². The van der Waals surface area contributed by atoms with E-state index >= 15 is 0 Å². The number of carbonyl (C=O) groups excluding carboxylic acids is 2. The fourth-order valence-electron chi connectivity index (χ4n) is 3.60. The molecule has 2 aliphatic rings. The highest BCUT2D eigenvalue weighted by molar-refractivity contribution is 5.94. The number of halogens is 1. The molecule has 0 aromatic carbocycles. The van der Waals surface area contributed by atoms with Gasteiger partial charge in [-0.05, 0) is 19.1 Å². The van der Waals surface area contributed by atoms with Gasteiger partial charge in [-0.15, -0.1) is 12.4 Å². The molecule has 0 atom stereocenters. The molecule has 4 rings (SSSR count). The first-order chi connectivity index (χ1) is 13.7. The molecule has 10 heteroatoms. The number of pyridine rings is 1. The number of rotatable bonds is 4. The minimum absolute atomic E-state index is 0. The van der Waals surface area contributed by atoms with Gasteiger partial charge in [-0.2, -0.15) is 5.10 Å². The van der Waals surface area contributed by atoms with Crippen molar-refractivity contribution in [3.8, 4) is 0 Å². The van der Waals surface area contributed by atoms with Crippen LogP contribution in [0.1, 0.15) is 39.0 Å². The van der Waals surface area contributed by atoms with Gasteiger partial charge in [-0.1, -0.05) is 0 Å². The van der Waals surface area contributed by atoms with Crippen LogP contribution < -0.4 is 10.2 Å². The lowest BCUT2D eigenvalue weighted by Gasteiger charge is -2.35. The molecular formula is C19H25ClN6O3. The molecule has 0 bridgehead atoms. The maximum Gasteiger partial charge on any atom is 0.339 e. The summed E-state index contributed by atoms with van der Waals surface area (Å²) in [5.74, 6) is 0.404. The third-order valence-electron chi connectivity index (χ3n) is 5.16. The Balaban J connectivity index is 0.00000240. The third kappa shape index (κ3) is 4.35. The summed E-state index contributed by atoms with van der Waals surface area (Å²) in [5, 5.41) is 10.6. The van der Waals surface area contributed by atoms with E-state index in [9.17, 15) is 9.59 Å². The maximum atomic E-state index is 12.9. The number of aromatic amines is 1. The summed E-state index contributed by atoms with van der Waals surface area (Å²) >= 11 is 0. The van der Waals surface area contributed by atoms with E-state index in [2.05, 4.69) is 25.4 Å². The molecule has 2 aromatic rings. The van der Waals surface area contributed by atoms with Gasteiger partial charge in [0.1, 0.15) is 5.82 Å². The Labute approximate surface area is 175 Å². The lowest BCUT2D eigenvalue weighted by Crippen LogP contribution is -2.49. The predicted molar refractivity (Wildman–Crippen MR) is 110 cm³/mol. The van der Waals surface area contributed by atoms with E-state index in [4.69, 9.17) is 4.74 Å². The minimum atomic E-state index is -0.367. The number of nitrogens with one attached hydrogen (secondary N) is 2. The lowest BCUT2D eigenvalue weighted by atomic mass is 10.1. The van der Waals surface area contributed by atoms with Gasteiger partial charge < -0.3 is 19.9 Å². The van der Waals surface area contributed by atoms with Crippen molar-refractivity contribution in [1.29, 1.82) is 0 Å². The number of amides is 1. The molecule has 0 aliphatic carbocycles. The summed E-state index contributed by atoms with van der Waals surface area (Å²) in [6.07, 6.45) is 2.41. The smallest absolute Gasteiger partial charge is 0.339 e. The molecule has 0 radical (unpaired) electrons. The molecule has 0 saturated carbocycles. The predicted octanol–water partition coefficient (Wildman–Crippen LogP) is 1.01. The number of hydrogen-bond acceptors (Lipinski definition) is 7. The number of ether oxygens (including phenoxy) is 1. The molecule has 4 heterocycles. The summed E-state index contributed by atoms with van der Waals surface area (Å²) in [7, 11) is 0. The van der Waals surface area contributed by atoms with Gasteiger partial charge in [0.25, 0.3) is 5.91 Å². The van der Waals surface area contributed by atoms with Crippen LogP contribution in [0.25, 0.3) is 0 Å². The van der Waals surface area contributed by atoms with Gasteiger partial charge >= 0.3 is 5.97 Å². The summed E-state index contributed by atoms with van der Waals surface area (Å²) in [4.78, 5) is 33.0. The average molecular weight is 421 g/mol. The quantitative estimate of drug-likeness (QED) is 0.711. The highest BCUT2D eigenvalue weighted by Crippen LogP contribution is 2.19. The number of piperazine rings is 1. The fourth-order valence-corrected chi connectivity index (χ4v) is 3.60. The van der Waals surface area contributed by atoms with Crippen molar-refractivity contribution >= 4 is 30.1 Å². The number of aromatic nitrogens is 3. The molecule has 0 unspecified atom stereocenters. The summed E-state index contributed by atoms with van der Waals surface area (Å²) in [6, 6.07) is 3.54. The molecule has 29 heavy (non-hydrogen) atoms. The van der Waals surface area contributed by atoms with E-state index in [0.717, 1.165) is 30.0 Å². The average Bonchev–Trinajstić information content (AvgIpc) is 3.18. The van der Waals surface area contributed by atoms with Crippen LogP contribution >= 0.6 is 12.4 Å². The standard InChI is InChI=1S/C19H24N6O3.ClH/c1-2-28-19(27)13-3-4-16(21-11-13)24-7-9-25(10-8-24)18(26)17-14-12-20-6-5-15(14)22-23-17;/h3-4,11,20H,2,5-10,12H2,1H3,(H,22,23);1H. The molecule has 1 saturated heterocycles. The highest BCUT2D eigenvalue weighted by Gasteiger charge is 2.28. The number of H-pyrrole nitrogens is 1. The molecular weight excluding hydrogens is 396 g/mol. The van der Waals surface area contributed by atoms with Crippen LogP contribution in [0.5, 0.6) is 0 Å². The fraction of sp³-hybridized carbons (Fsp3) is 0.474. The Kier molecular flexibility index (Phi) is 6.71. The van der Waals surface area contributed by atoms with Gasteiger partial charge in [0.2, 0.25) is 0 Å². The molecule has 1 fully saturated rings. The van der Waals surface area contributed by atoms with E-state index < -0.39 is 0 Å². The summed E-state index contributed by atoms with van der Waals surface area (Å²) in [6.45, 7) is 6.28. The van der Waals surface area contributed by atoms with Crippen LogP contribution in [-0.4, -0.2) is 71.3 Å². The second-order valence-electron chi connectivity index (χ2n) is 6.86. The third-order valence-corrected chi connectivity index (χ3v) is 5.16. The zero-order valence-corrected chi connectivity index (χ0v) is 17.1. The molecule has 1 amide bonds. The van der Waals surface area contributed by atoms with Crippen LogP contribution in [-0.2, 0) is 17.7 Å². The first-order valence-corrected chi connectivity index (χ1v) is 9.61. The van der Waals surface area contributed by atoms with Gasteiger partial charge in [-0.3, -0.25) is 9.89 Å². The zero-order valence-electron chi connectivity index (χ0n) is 16.3. The van der Waals surface area contributed by atoms with Crippen LogP contribution in [0, 0.1) is 0 Å². The van der Waals surface area contributed by atoms with Gasteiger partial charge in [-0.25, -0.2) is 9.78 Å². The van der Waals surface area contributed by atoms with Crippen molar-refractivity contribution in [2.24, 2.45) is 0 Å². The van der Waals surface area contributed by atoms with Crippen LogP contribution in [0.2, 0.25) is 0 Å². The minimum Gasteiger partial charge on any atom is -0.462 e. The number of fused-ring (bicyclic) bond motifs is 1. The highest BCUT2D eigenvalue weighted by atomic mass is 35.5. The Hall–Kier alpha value is -2.65. The Bertz CT molecular complexity index is 861. The second kappa shape index (κ2) is 9.23. The van der Waals surface area contributed by atoms with E-state index in [1.54, 1.807) is 13.0 Å². The SMILES string of the molecule is CCOC(=O)c1ccc(N2CCN(C(=O)c3n[nH]c4c3CNCC4)CC2)nc1.Cl. The molecule has 156 valence electrons. The Morgan fingerprint density at radius 3 is 2.69 bits per heavy atom. The van der Waals surface area contributed by atoms with Crippen LogP contribution in [0.3, 0.4) is 0 Å². The molecule has 2 aromatic heterocycles. The van der Waals surface area contributed by atoms with Crippen molar-refractivity contribution in [3.63, 3.8) is 0 Å². The monoisotopic (exact) mass is 420 g/mol. The molecule has 9 nitrogen and oxygen atoms in total. The zero-order chi connectivity index (χ0) is 19.5. The summed E-state index contributed by atoms with van der Waals surface area (Å²) < 4.78 is 4.98. The van der Waals surface area contributed by atoms with Crippen molar-refractivity contribution in [1.82, 2.24) is 25.4 Å². The molecule has 0 spiro atoms. The number of nitrogens with zero attached hydrogens (tertiary/aromatic N) is 4. The summed E-state index contributed by atoms with van der Waals surface area (Å²) in [5.41, 5.74) is 3.03. The first-order valence-electron chi connectivity index (χ1n) is 9.61. The van der Waals surface area contributed by atoms with Gasteiger partial charge in [0.05, 0.1) is 12.2 Å². The van der Waals surface area contributed by atoms with Crippen LogP contribution in [0.15, 0.2) is 18.3 Å². The van der Waals surface area contributed by atoms with E-state index in [0.29, 0.717) is 50.6 Å². The van der Waals surface area contributed by atoms with E-state index in [1.165, 1.54) is 6.20 Å². The molecule has 2 aliphatic heterocycles. The largest absolute Gasteiger partial charge is 0.462 e. The Morgan fingerprint density at radius 1 is 1.21 bits per heavy atom. The van der Waals surface area contributed by atoms with Crippen molar-refractivity contribution < 1.29 is 14.3 Å². The van der Waals surface area contributed by atoms with Crippen molar-refractivity contribution in [3.05, 3.63) is 40.8 Å². The topological polar surface area (TPSA) is 103 Å². The van der Waals surface area contributed by atoms with Crippen molar-refractivity contribution in [2.45, 2.75) is 19.9 Å². The molecule has 2 N–H and O–H groups in total. The van der Waals surface area contributed by atoms with Crippen LogP contribution in [0.4, 0.5) is 5.82 Å². The maximum absolute atomic E-state index is 12.9. The normalized spacial score (nSPS) is 16.0. The number of hydrogen-bond donors (Lipinski definition) is 2. The van der Waals surface area contributed by atoms with E-state index in [-0.39, 0.29) is 24.3 Å². The second-order valence-corrected chi connectivity index (χ2v) is 6.86. The lowest BCUT2D eigenvalue weighted by molar-refractivity contribution is 0.0525. The van der Waals surface area contributed by atoms with Crippen molar-refractivity contribution in [2.75, 3.05) is 44.2 Å². The van der Waals surface area contributed by atoms with E-state index in [1.807, 2.05) is 11.0 Å². The number of esters is 1. The van der Waals surface area contributed by atoms with Gasteiger partial charge in [0.15, 0.2) is 5.69 Å². The first kappa shape index (κ1) is 21.1. The number of anilines is 1. The Morgan fingerprint density at radius 2 is 2.00 bits per heavy atom. The number of carbonyl (C=O) groups is 2.